The zero-order chi connectivity index (χ0) is 11.6. The fourth-order valence-corrected chi connectivity index (χ4v) is 3.19. The van der Waals surface area contributed by atoms with Gasteiger partial charge in [-0.25, -0.2) is 10.0 Å². The summed E-state index contributed by atoms with van der Waals surface area (Å²) in [4.78, 5) is 24.4. The van der Waals surface area contributed by atoms with E-state index in [1.54, 1.807) is 24.3 Å². The Labute approximate surface area is 98.8 Å². The van der Waals surface area contributed by atoms with Gasteiger partial charge in [-0.3, -0.25) is 9.59 Å². The van der Waals surface area contributed by atoms with E-state index < -0.39 is 0 Å². The van der Waals surface area contributed by atoms with Gasteiger partial charge in [0.05, 0.1) is 11.1 Å². The zero-order valence-electron chi connectivity index (χ0n) is 9.30. The second-order valence-electron chi connectivity index (χ2n) is 4.91. The van der Waals surface area contributed by atoms with Crippen LogP contribution in [0, 0.1) is 0 Å². The first-order chi connectivity index (χ1) is 8.29. The number of piperidine rings is 1. The SMILES string of the molecule is O=C1c2ccccc2C(=O)N1N1C2CCCC21. The van der Waals surface area contributed by atoms with Crippen molar-refractivity contribution in [3.05, 3.63) is 35.4 Å². The Morgan fingerprint density at radius 2 is 1.47 bits per heavy atom. The number of hydrogen-bond acceptors (Lipinski definition) is 3. The molecule has 86 valence electrons. The van der Waals surface area contributed by atoms with Crippen LogP contribution in [-0.4, -0.2) is 33.9 Å². The van der Waals surface area contributed by atoms with Gasteiger partial charge in [0.25, 0.3) is 11.8 Å². The third-order valence-corrected chi connectivity index (χ3v) is 4.04. The standard InChI is InChI=1S/C13H12N2O2/c16-12-8-4-1-2-5-9(8)13(17)15(12)14-10-6-3-7-11(10)14/h1-2,4-5,10-11H,3,6-7H2. The van der Waals surface area contributed by atoms with E-state index in [2.05, 4.69) is 0 Å². The van der Waals surface area contributed by atoms with E-state index in [-0.39, 0.29) is 11.8 Å². The molecule has 2 heterocycles. The van der Waals surface area contributed by atoms with Crippen LogP contribution < -0.4 is 0 Å². The molecule has 3 aliphatic rings. The van der Waals surface area contributed by atoms with Gasteiger partial charge in [0.2, 0.25) is 0 Å². The summed E-state index contributed by atoms with van der Waals surface area (Å²) in [5.41, 5.74) is 1.09. The number of carbonyl (C=O) groups excluding carboxylic acids is 2. The van der Waals surface area contributed by atoms with E-state index in [0.29, 0.717) is 23.2 Å². The highest BCUT2D eigenvalue weighted by Gasteiger charge is 2.58. The number of benzene rings is 1. The molecule has 1 aromatic rings. The van der Waals surface area contributed by atoms with Gasteiger partial charge in [-0.05, 0) is 25.0 Å². The molecular formula is C13H12N2O2. The van der Waals surface area contributed by atoms with E-state index in [1.807, 2.05) is 5.01 Å². The minimum atomic E-state index is -0.153. The molecule has 4 nitrogen and oxygen atoms in total. The maximum atomic E-state index is 12.2. The second kappa shape index (κ2) is 2.96. The summed E-state index contributed by atoms with van der Waals surface area (Å²) >= 11 is 0. The van der Waals surface area contributed by atoms with Crippen LogP contribution >= 0.6 is 0 Å². The van der Waals surface area contributed by atoms with Gasteiger partial charge in [0.1, 0.15) is 0 Å². The molecule has 2 atom stereocenters. The van der Waals surface area contributed by atoms with Crippen molar-refractivity contribution in [1.82, 2.24) is 10.0 Å². The normalized spacial score (nSPS) is 33.9. The maximum Gasteiger partial charge on any atom is 0.276 e. The third kappa shape index (κ3) is 1.06. The Morgan fingerprint density at radius 1 is 0.941 bits per heavy atom. The lowest BCUT2D eigenvalue weighted by molar-refractivity contribution is 0.0320. The van der Waals surface area contributed by atoms with E-state index >= 15 is 0 Å². The summed E-state index contributed by atoms with van der Waals surface area (Å²) in [6.07, 6.45) is 3.44. The second-order valence-corrected chi connectivity index (χ2v) is 4.91. The molecule has 2 aliphatic heterocycles. The number of amides is 2. The summed E-state index contributed by atoms with van der Waals surface area (Å²) in [5, 5.41) is 3.33. The molecule has 1 saturated heterocycles. The van der Waals surface area contributed by atoms with Gasteiger partial charge in [-0.1, -0.05) is 18.6 Å². The highest BCUT2D eigenvalue weighted by atomic mass is 16.2. The Hall–Kier alpha value is -1.68. The molecule has 17 heavy (non-hydrogen) atoms. The van der Waals surface area contributed by atoms with Crippen LogP contribution in [0.1, 0.15) is 40.0 Å². The van der Waals surface area contributed by atoms with Crippen LogP contribution in [0.25, 0.3) is 0 Å². The molecule has 1 aliphatic carbocycles. The Balaban J connectivity index is 1.72. The van der Waals surface area contributed by atoms with Gasteiger partial charge < -0.3 is 0 Å². The van der Waals surface area contributed by atoms with Gasteiger partial charge >= 0.3 is 0 Å². The topological polar surface area (TPSA) is 40.4 Å². The lowest BCUT2D eigenvalue weighted by Crippen LogP contribution is -2.37. The van der Waals surface area contributed by atoms with Crippen molar-refractivity contribution in [3.8, 4) is 0 Å². The van der Waals surface area contributed by atoms with Crippen LogP contribution in [-0.2, 0) is 0 Å². The number of hydrazine groups is 1. The Kier molecular flexibility index (Phi) is 1.63. The van der Waals surface area contributed by atoms with Crippen LogP contribution in [0.5, 0.6) is 0 Å². The lowest BCUT2D eigenvalue weighted by atomic mass is 10.1. The molecule has 0 bridgehead atoms. The van der Waals surface area contributed by atoms with Crippen LogP contribution in [0.3, 0.4) is 0 Å². The summed E-state index contributed by atoms with van der Waals surface area (Å²) in [6, 6.07) is 7.92. The first-order valence-electron chi connectivity index (χ1n) is 6.05. The summed E-state index contributed by atoms with van der Waals surface area (Å²) in [6.45, 7) is 0. The number of imide groups is 1. The molecule has 2 fully saturated rings. The average molecular weight is 228 g/mol. The predicted octanol–water partition coefficient (Wildman–Crippen LogP) is 1.43. The number of fused-ring (bicyclic) bond motifs is 2. The fourth-order valence-electron chi connectivity index (χ4n) is 3.19. The van der Waals surface area contributed by atoms with Crippen LogP contribution in [0.2, 0.25) is 0 Å². The molecule has 1 aromatic carbocycles. The van der Waals surface area contributed by atoms with Crippen molar-refractivity contribution in [3.63, 3.8) is 0 Å². The Bertz CT molecular complexity index is 495. The smallest absolute Gasteiger partial charge is 0.267 e. The van der Waals surface area contributed by atoms with Gasteiger partial charge in [-0.15, -0.1) is 0 Å². The average Bonchev–Trinajstić information content (AvgIpc) is 2.74. The molecule has 4 rings (SSSR count). The van der Waals surface area contributed by atoms with Crippen LogP contribution in [0.4, 0.5) is 0 Å². The predicted molar refractivity (Wildman–Crippen MR) is 60.2 cm³/mol. The molecule has 2 amide bonds. The molecule has 0 spiro atoms. The quantitative estimate of drug-likeness (QED) is 0.539. The molecular weight excluding hydrogens is 216 g/mol. The highest BCUT2D eigenvalue weighted by Crippen LogP contribution is 2.45. The fraction of sp³-hybridized carbons (Fsp3) is 0.385. The largest absolute Gasteiger partial charge is 0.276 e. The molecule has 2 unspecified atom stereocenters. The first-order valence-corrected chi connectivity index (χ1v) is 6.05. The third-order valence-electron chi connectivity index (χ3n) is 4.04. The van der Waals surface area contributed by atoms with E-state index in [9.17, 15) is 9.59 Å². The van der Waals surface area contributed by atoms with Crippen molar-refractivity contribution in [2.24, 2.45) is 0 Å². The lowest BCUT2D eigenvalue weighted by Gasteiger charge is -2.18. The maximum absolute atomic E-state index is 12.2. The van der Waals surface area contributed by atoms with Crippen molar-refractivity contribution in [1.29, 1.82) is 0 Å². The summed E-state index contributed by atoms with van der Waals surface area (Å²) in [5.74, 6) is -0.306. The monoisotopic (exact) mass is 228 g/mol. The number of rotatable bonds is 1. The van der Waals surface area contributed by atoms with E-state index in [1.165, 1.54) is 11.4 Å². The van der Waals surface area contributed by atoms with Crippen molar-refractivity contribution < 1.29 is 9.59 Å². The molecule has 1 saturated carbocycles. The number of hydrogen-bond donors (Lipinski definition) is 0. The zero-order valence-corrected chi connectivity index (χ0v) is 9.30. The number of carbonyl (C=O) groups is 2. The molecule has 0 radical (unpaired) electrons. The molecule has 4 heteroatoms. The van der Waals surface area contributed by atoms with Crippen molar-refractivity contribution in [2.75, 3.05) is 0 Å². The minimum absolute atomic E-state index is 0.153. The first kappa shape index (κ1) is 9.36. The van der Waals surface area contributed by atoms with Gasteiger partial charge in [0.15, 0.2) is 0 Å². The molecule has 0 aromatic heterocycles. The van der Waals surface area contributed by atoms with Gasteiger partial charge in [0, 0.05) is 12.1 Å². The van der Waals surface area contributed by atoms with Gasteiger partial charge in [-0.2, -0.15) is 0 Å². The van der Waals surface area contributed by atoms with Crippen LogP contribution in [0.15, 0.2) is 24.3 Å². The van der Waals surface area contributed by atoms with Crippen molar-refractivity contribution >= 4 is 11.8 Å². The summed E-state index contributed by atoms with van der Waals surface area (Å²) in [7, 11) is 0. The highest BCUT2D eigenvalue weighted by molar-refractivity contribution is 6.21. The minimum Gasteiger partial charge on any atom is -0.267 e. The molecule has 0 N–H and O–H groups in total. The van der Waals surface area contributed by atoms with E-state index in [0.717, 1.165) is 12.8 Å². The van der Waals surface area contributed by atoms with Crippen molar-refractivity contribution in [2.45, 2.75) is 31.3 Å². The Morgan fingerprint density at radius 3 is 2.00 bits per heavy atom. The van der Waals surface area contributed by atoms with E-state index in [4.69, 9.17) is 0 Å². The number of nitrogens with zero attached hydrogens (tertiary/aromatic N) is 2. The summed E-state index contributed by atoms with van der Waals surface area (Å²) < 4.78 is 0.